The Kier molecular flexibility index (Phi) is 8.28. The highest BCUT2D eigenvalue weighted by Gasteiger charge is 2.22. The molecule has 1 aromatic carbocycles. The number of nitrogens with zero attached hydrogens (tertiary/aromatic N) is 1. The van der Waals surface area contributed by atoms with Crippen molar-refractivity contribution in [1.29, 1.82) is 0 Å². The summed E-state index contributed by atoms with van der Waals surface area (Å²) < 4.78 is 5.56. The standard InChI is InChI=1S/C17H26N2O2.ClH/c1-3-12-21-16-7-4-14(5-8-16)6-9-17(20)19(2)15-10-11-18-13-15;/h4-5,7-8,15,18H,3,6,9-13H2,1-2H3;1H. The van der Waals surface area contributed by atoms with Gasteiger partial charge in [-0.25, -0.2) is 0 Å². The highest BCUT2D eigenvalue weighted by atomic mass is 35.5. The molecular formula is C17H27ClN2O2. The first kappa shape index (κ1) is 18.8. The summed E-state index contributed by atoms with van der Waals surface area (Å²) in [4.78, 5) is 14.1. The maximum atomic E-state index is 12.2. The van der Waals surface area contributed by atoms with E-state index >= 15 is 0 Å². The molecule has 2 rings (SSSR count). The van der Waals surface area contributed by atoms with Gasteiger partial charge in [0.1, 0.15) is 5.75 Å². The maximum absolute atomic E-state index is 12.2. The molecule has 1 saturated heterocycles. The molecule has 0 aromatic heterocycles. The molecule has 1 aromatic rings. The van der Waals surface area contributed by atoms with E-state index in [0.29, 0.717) is 12.5 Å². The number of carbonyl (C=O) groups is 1. The predicted molar refractivity (Wildman–Crippen MR) is 91.8 cm³/mol. The largest absolute Gasteiger partial charge is 0.494 e. The zero-order valence-corrected chi connectivity index (χ0v) is 14.3. The average molecular weight is 327 g/mol. The summed E-state index contributed by atoms with van der Waals surface area (Å²) in [6, 6.07) is 8.44. The van der Waals surface area contributed by atoms with E-state index < -0.39 is 0 Å². The molecule has 0 bridgehead atoms. The van der Waals surface area contributed by atoms with E-state index in [0.717, 1.165) is 44.7 Å². The van der Waals surface area contributed by atoms with Crippen LogP contribution in [0.15, 0.2) is 24.3 Å². The van der Waals surface area contributed by atoms with Crippen LogP contribution in [0.2, 0.25) is 0 Å². The number of nitrogens with one attached hydrogen (secondary N) is 1. The number of rotatable bonds is 7. The van der Waals surface area contributed by atoms with Crippen LogP contribution < -0.4 is 10.1 Å². The van der Waals surface area contributed by atoms with Crippen molar-refractivity contribution >= 4 is 18.3 Å². The Morgan fingerprint density at radius 2 is 2.09 bits per heavy atom. The Labute approximate surface area is 139 Å². The first-order valence-electron chi connectivity index (χ1n) is 7.89. The minimum Gasteiger partial charge on any atom is -0.494 e. The zero-order chi connectivity index (χ0) is 15.1. The number of benzene rings is 1. The lowest BCUT2D eigenvalue weighted by atomic mass is 10.1. The summed E-state index contributed by atoms with van der Waals surface area (Å²) in [5, 5.41) is 3.30. The average Bonchev–Trinajstić information content (AvgIpc) is 3.05. The summed E-state index contributed by atoms with van der Waals surface area (Å²) in [6.45, 7) is 4.78. The molecule has 0 spiro atoms. The van der Waals surface area contributed by atoms with Crippen molar-refractivity contribution in [1.82, 2.24) is 10.2 Å². The number of carbonyl (C=O) groups excluding carboxylic acids is 1. The Hall–Kier alpha value is -1.26. The summed E-state index contributed by atoms with van der Waals surface area (Å²) >= 11 is 0. The molecule has 1 aliphatic rings. The normalized spacial score (nSPS) is 16.9. The third-order valence-corrected chi connectivity index (χ3v) is 4.00. The molecule has 1 amide bonds. The summed E-state index contributed by atoms with van der Waals surface area (Å²) in [6.07, 6.45) is 3.43. The number of aryl methyl sites for hydroxylation is 1. The van der Waals surface area contributed by atoms with Gasteiger partial charge in [0.25, 0.3) is 0 Å². The van der Waals surface area contributed by atoms with Gasteiger partial charge in [0, 0.05) is 26.1 Å². The van der Waals surface area contributed by atoms with Crippen LogP contribution >= 0.6 is 12.4 Å². The number of likely N-dealkylation sites (N-methyl/N-ethyl adjacent to an activating group) is 1. The maximum Gasteiger partial charge on any atom is 0.222 e. The second kappa shape index (κ2) is 9.70. The van der Waals surface area contributed by atoms with E-state index in [4.69, 9.17) is 4.74 Å². The Balaban J connectivity index is 0.00000242. The van der Waals surface area contributed by atoms with Crippen LogP contribution in [0.4, 0.5) is 0 Å². The van der Waals surface area contributed by atoms with Crippen molar-refractivity contribution in [3.63, 3.8) is 0 Å². The van der Waals surface area contributed by atoms with Crippen LogP contribution in [-0.4, -0.2) is 43.6 Å². The topological polar surface area (TPSA) is 41.6 Å². The van der Waals surface area contributed by atoms with Crippen LogP contribution in [0.5, 0.6) is 5.75 Å². The number of halogens is 1. The van der Waals surface area contributed by atoms with Gasteiger partial charge in [0.05, 0.1) is 6.61 Å². The molecule has 1 unspecified atom stereocenters. The quantitative estimate of drug-likeness (QED) is 0.837. The lowest BCUT2D eigenvalue weighted by Gasteiger charge is -2.23. The third-order valence-electron chi connectivity index (χ3n) is 4.00. The van der Waals surface area contributed by atoms with Crippen LogP contribution in [0, 0.1) is 0 Å². The molecule has 1 N–H and O–H groups in total. The molecule has 5 heteroatoms. The van der Waals surface area contributed by atoms with Gasteiger partial charge in [-0.3, -0.25) is 4.79 Å². The first-order valence-corrected chi connectivity index (χ1v) is 7.89. The van der Waals surface area contributed by atoms with Crippen molar-refractivity contribution in [2.45, 2.75) is 38.6 Å². The SMILES string of the molecule is CCCOc1ccc(CCC(=O)N(C)C2CCNC2)cc1.Cl. The Morgan fingerprint density at radius 1 is 1.36 bits per heavy atom. The fourth-order valence-corrected chi connectivity index (χ4v) is 2.57. The number of ether oxygens (including phenoxy) is 1. The van der Waals surface area contributed by atoms with Crippen molar-refractivity contribution in [2.75, 3.05) is 26.7 Å². The molecule has 22 heavy (non-hydrogen) atoms. The van der Waals surface area contributed by atoms with Crippen LogP contribution in [0.25, 0.3) is 0 Å². The zero-order valence-electron chi connectivity index (χ0n) is 13.5. The number of hydrogen-bond donors (Lipinski definition) is 1. The summed E-state index contributed by atoms with van der Waals surface area (Å²) in [5.41, 5.74) is 1.19. The molecule has 124 valence electrons. The molecule has 0 saturated carbocycles. The molecule has 0 aliphatic carbocycles. The minimum atomic E-state index is 0. The van der Waals surface area contributed by atoms with Gasteiger partial charge < -0.3 is 15.0 Å². The fraction of sp³-hybridized carbons (Fsp3) is 0.588. The van der Waals surface area contributed by atoms with Gasteiger partial charge in [-0.1, -0.05) is 19.1 Å². The lowest BCUT2D eigenvalue weighted by molar-refractivity contribution is -0.131. The molecule has 1 heterocycles. The molecule has 1 atom stereocenters. The molecule has 1 aliphatic heterocycles. The van der Waals surface area contributed by atoms with Crippen molar-refractivity contribution in [3.05, 3.63) is 29.8 Å². The number of amides is 1. The summed E-state index contributed by atoms with van der Waals surface area (Å²) in [7, 11) is 1.92. The number of hydrogen-bond acceptors (Lipinski definition) is 3. The van der Waals surface area contributed by atoms with Crippen LogP contribution in [0.1, 0.15) is 31.7 Å². The first-order chi connectivity index (χ1) is 10.2. The monoisotopic (exact) mass is 326 g/mol. The van der Waals surface area contributed by atoms with E-state index in [9.17, 15) is 4.79 Å². The van der Waals surface area contributed by atoms with Gasteiger partial charge in [0.15, 0.2) is 0 Å². The highest BCUT2D eigenvalue weighted by molar-refractivity contribution is 5.85. The van der Waals surface area contributed by atoms with Crippen molar-refractivity contribution in [2.24, 2.45) is 0 Å². The van der Waals surface area contributed by atoms with Crippen LogP contribution in [-0.2, 0) is 11.2 Å². The van der Waals surface area contributed by atoms with E-state index in [1.165, 1.54) is 5.56 Å². The van der Waals surface area contributed by atoms with Gasteiger partial charge in [-0.15, -0.1) is 12.4 Å². The van der Waals surface area contributed by atoms with E-state index in [1.54, 1.807) is 0 Å². The minimum absolute atomic E-state index is 0. The van der Waals surface area contributed by atoms with Gasteiger partial charge in [0.2, 0.25) is 5.91 Å². The van der Waals surface area contributed by atoms with E-state index in [1.807, 2.05) is 24.1 Å². The van der Waals surface area contributed by atoms with E-state index in [-0.39, 0.29) is 18.3 Å². The highest BCUT2D eigenvalue weighted by Crippen LogP contribution is 2.15. The second-order valence-corrected chi connectivity index (χ2v) is 5.64. The summed E-state index contributed by atoms with van der Waals surface area (Å²) in [5.74, 6) is 1.14. The lowest BCUT2D eigenvalue weighted by Crippen LogP contribution is -2.38. The Bertz CT molecular complexity index is 444. The smallest absolute Gasteiger partial charge is 0.222 e. The van der Waals surface area contributed by atoms with Crippen molar-refractivity contribution in [3.8, 4) is 5.75 Å². The van der Waals surface area contributed by atoms with Gasteiger partial charge in [-0.2, -0.15) is 0 Å². The molecule has 0 radical (unpaired) electrons. The fourth-order valence-electron chi connectivity index (χ4n) is 2.57. The third kappa shape index (κ3) is 5.50. The predicted octanol–water partition coefficient (Wildman–Crippen LogP) is 2.65. The molecule has 1 fully saturated rings. The van der Waals surface area contributed by atoms with E-state index in [2.05, 4.69) is 24.4 Å². The Morgan fingerprint density at radius 3 is 2.68 bits per heavy atom. The molecular weight excluding hydrogens is 300 g/mol. The van der Waals surface area contributed by atoms with Gasteiger partial charge in [-0.05, 0) is 43.5 Å². The second-order valence-electron chi connectivity index (χ2n) is 5.64. The molecule has 4 nitrogen and oxygen atoms in total. The van der Waals surface area contributed by atoms with Crippen LogP contribution in [0.3, 0.4) is 0 Å². The van der Waals surface area contributed by atoms with Crippen molar-refractivity contribution < 1.29 is 9.53 Å². The van der Waals surface area contributed by atoms with Gasteiger partial charge >= 0.3 is 0 Å².